The number of hydrogen-bond acceptors (Lipinski definition) is 3. The smallest absolute Gasteiger partial charge is 0.109 e. The van der Waals surface area contributed by atoms with Gasteiger partial charge in [-0.15, -0.1) is 4.91 Å². The van der Waals surface area contributed by atoms with Gasteiger partial charge in [0.15, 0.2) is 0 Å². The summed E-state index contributed by atoms with van der Waals surface area (Å²) in [5, 5.41) is 11.5. The topological polar surface area (TPSA) is 53.2 Å². The van der Waals surface area contributed by atoms with Crippen molar-refractivity contribution in [2.75, 3.05) is 0 Å². The van der Waals surface area contributed by atoms with E-state index in [0.29, 0.717) is 5.02 Å². The van der Waals surface area contributed by atoms with Crippen molar-refractivity contribution in [3.05, 3.63) is 33.7 Å². The number of rotatable bonds is 1. The van der Waals surface area contributed by atoms with Crippen LogP contribution in [-0.2, 0) is 0 Å². The van der Waals surface area contributed by atoms with E-state index in [-0.39, 0.29) is 11.3 Å². The van der Waals surface area contributed by atoms with Crippen LogP contribution in [0.1, 0.15) is 5.56 Å². The van der Waals surface area contributed by atoms with Crippen LogP contribution in [0, 0.1) is 16.2 Å². The quantitative estimate of drug-likeness (QED) is 0.602. The van der Waals surface area contributed by atoms with Crippen molar-refractivity contribution in [3.8, 4) is 6.07 Å². The van der Waals surface area contributed by atoms with Crippen molar-refractivity contribution in [1.29, 1.82) is 5.26 Å². The third-order valence-corrected chi connectivity index (χ3v) is 1.51. The molecular formula is C7H3ClN2O. The number of benzene rings is 1. The molecule has 0 fully saturated rings. The van der Waals surface area contributed by atoms with Gasteiger partial charge in [0.2, 0.25) is 0 Å². The SMILES string of the molecule is N#Cc1cc(N=O)ccc1Cl. The fourth-order valence-electron chi connectivity index (χ4n) is 0.656. The predicted molar refractivity (Wildman–Crippen MR) is 41.6 cm³/mol. The van der Waals surface area contributed by atoms with Crippen molar-refractivity contribution in [3.63, 3.8) is 0 Å². The third kappa shape index (κ3) is 1.54. The normalized spacial score (nSPS) is 8.73. The standard InChI is InChI=1S/C7H3ClN2O/c8-7-2-1-6(10-11)3-5(7)4-9/h1-3H. The monoisotopic (exact) mass is 166 g/mol. The summed E-state index contributed by atoms with van der Waals surface area (Å²) in [5.41, 5.74) is 0.481. The van der Waals surface area contributed by atoms with Crippen molar-refractivity contribution < 1.29 is 0 Å². The van der Waals surface area contributed by atoms with Crippen LogP contribution in [0.2, 0.25) is 5.02 Å². The Kier molecular flexibility index (Phi) is 2.19. The lowest BCUT2D eigenvalue weighted by atomic mass is 10.2. The van der Waals surface area contributed by atoms with Gasteiger partial charge in [-0.3, -0.25) is 0 Å². The Morgan fingerprint density at radius 1 is 1.55 bits per heavy atom. The molecule has 0 unspecified atom stereocenters. The van der Waals surface area contributed by atoms with Crippen LogP contribution >= 0.6 is 11.6 Å². The molecule has 0 spiro atoms. The van der Waals surface area contributed by atoms with Crippen LogP contribution in [-0.4, -0.2) is 0 Å². The molecule has 0 aromatic heterocycles. The molecule has 0 N–H and O–H groups in total. The summed E-state index contributed by atoms with van der Waals surface area (Å²) >= 11 is 5.59. The first-order chi connectivity index (χ1) is 5.27. The van der Waals surface area contributed by atoms with Gasteiger partial charge < -0.3 is 0 Å². The number of hydrogen-bond donors (Lipinski definition) is 0. The second-order valence-electron chi connectivity index (χ2n) is 1.87. The van der Waals surface area contributed by atoms with Crippen LogP contribution in [0.4, 0.5) is 5.69 Å². The van der Waals surface area contributed by atoms with E-state index in [4.69, 9.17) is 16.9 Å². The summed E-state index contributed by atoms with van der Waals surface area (Å²) in [4.78, 5) is 9.98. The Morgan fingerprint density at radius 2 is 2.27 bits per heavy atom. The molecule has 0 saturated heterocycles. The molecule has 1 aromatic rings. The van der Waals surface area contributed by atoms with Gasteiger partial charge in [-0.25, -0.2) is 0 Å². The van der Waals surface area contributed by atoms with E-state index in [1.165, 1.54) is 18.2 Å². The lowest BCUT2D eigenvalue weighted by molar-refractivity contribution is 1.44. The Balaban J connectivity index is 3.25. The highest BCUT2D eigenvalue weighted by molar-refractivity contribution is 6.31. The first-order valence-electron chi connectivity index (χ1n) is 2.81. The van der Waals surface area contributed by atoms with E-state index < -0.39 is 0 Å². The average molecular weight is 167 g/mol. The molecule has 0 aliphatic carbocycles. The van der Waals surface area contributed by atoms with Gasteiger partial charge in [-0.2, -0.15) is 5.26 Å². The lowest BCUT2D eigenvalue weighted by Gasteiger charge is -1.92. The molecule has 11 heavy (non-hydrogen) atoms. The van der Waals surface area contributed by atoms with Crippen molar-refractivity contribution in [2.45, 2.75) is 0 Å². The maximum Gasteiger partial charge on any atom is 0.109 e. The van der Waals surface area contributed by atoms with Gasteiger partial charge in [0, 0.05) is 0 Å². The van der Waals surface area contributed by atoms with Crippen molar-refractivity contribution in [2.24, 2.45) is 5.18 Å². The highest BCUT2D eigenvalue weighted by Gasteiger charge is 1.99. The minimum Gasteiger partial charge on any atom is -0.192 e. The molecule has 0 amide bonds. The molecule has 1 aromatic carbocycles. The summed E-state index contributed by atoms with van der Waals surface area (Å²) in [7, 11) is 0. The van der Waals surface area contributed by atoms with Crippen LogP contribution < -0.4 is 0 Å². The van der Waals surface area contributed by atoms with Gasteiger partial charge in [0.05, 0.1) is 10.6 Å². The maximum atomic E-state index is 9.98. The van der Waals surface area contributed by atoms with Gasteiger partial charge in [-0.1, -0.05) is 11.6 Å². The van der Waals surface area contributed by atoms with E-state index >= 15 is 0 Å². The van der Waals surface area contributed by atoms with Crippen LogP contribution in [0.3, 0.4) is 0 Å². The molecule has 0 radical (unpaired) electrons. The molecule has 4 heteroatoms. The summed E-state index contributed by atoms with van der Waals surface area (Å²) < 4.78 is 0. The van der Waals surface area contributed by atoms with Gasteiger partial charge >= 0.3 is 0 Å². The second kappa shape index (κ2) is 3.13. The minimum absolute atomic E-state index is 0.214. The fraction of sp³-hybridized carbons (Fsp3) is 0. The zero-order chi connectivity index (χ0) is 8.27. The molecule has 3 nitrogen and oxygen atoms in total. The molecule has 0 atom stereocenters. The molecule has 54 valence electrons. The van der Waals surface area contributed by atoms with Gasteiger partial charge in [0.1, 0.15) is 11.8 Å². The summed E-state index contributed by atoms with van der Waals surface area (Å²) in [6, 6.07) is 6.11. The summed E-state index contributed by atoms with van der Waals surface area (Å²) in [6.45, 7) is 0. The Labute approximate surface area is 68.2 Å². The van der Waals surface area contributed by atoms with Crippen molar-refractivity contribution >= 4 is 17.3 Å². The molecule has 0 heterocycles. The van der Waals surface area contributed by atoms with E-state index in [0.717, 1.165) is 0 Å². The van der Waals surface area contributed by atoms with E-state index in [2.05, 4.69) is 5.18 Å². The first kappa shape index (κ1) is 7.70. The van der Waals surface area contributed by atoms with Crippen LogP contribution in [0.5, 0.6) is 0 Å². The largest absolute Gasteiger partial charge is 0.192 e. The molecule has 0 bridgehead atoms. The zero-order valence-corrected chi connectivity index (χ0v) is 6.17. The maximum absolute atomic E-state index is 9.98. The number of nitrogens with zero attached hydrogens (tertiary/aromatic N) is 2. The Bertz CT molecular complexity index is 330. The Morgan fingerprint density at radius 3 is 2.82 bits per heavy atom. The minimum atomic E-state index is 0.214. The summed E-state index contributed by atoms with van der Waals surface area (Å²) in [6.07, 6.45) is 0. The second-order valence-corrected chi connectivity index (χ2v) is 2.27. The van der Waals surface area contributed by atoms with Crippen molar-refractivity contribution in [1.82, 2.24) is 0 Å². The highest BCUT2D eigenvalue weighted by atomic mass is 35.5. The highest BCUT2D eigenvalue weighted by Crippen LogP contribution is 2.20. The summed E-state index contributed by atoms with van der Waals surface area (Å²) in [5.74, 6) is 0. The number of nitriles is 1. The number of halogens is 1. The molecular weight excluding hydrogens is 164 g/mol. The fourth-order valence-corrected chi connectivity index (χ4v) is 0.816. The van der Waals surface area contributed by atoms with E-state index in [1.807, 2.05) is 6.07 Å². The average Bonchev–Trinajstić information content (AvgIpc) is 2.05. The predicted octanol–water partition coefficient (Wildman–Crippen LogP) is 2.61. The van der Waals surface area contributed by atoms with Crippen LogP contribution in [0.25, 0.3) is 0 Å². The Hall–Kier alpha value is -1.40. The van der Waals surface area contributed by atoms with Gasteiger partial charge in [-0.05, 0) is 23.4 Å². The van der Waals surface area contributed by atoms with E-state index in [1.54, 1.807) is 0 Å². The zero-order valence-electron chi connectivity index (χ0n) is 5.41. The molecule has 1 rings (SSSR count). The van der Waals surface area contributed by atoms with E-state index in [9.17, 15) is 4.91 Å². The first-order valence-corrected chi connectivity index (χ1v) is 3.18. The molecule has 0 aliphatic heterocycles. The third-order valence-electron chi connectivity index (χ3n) is 1.18. The lowest BCUT2D eigenvalue weighted by Crippen LogP contribution is -1.74. The van der Waals surface area contributed by atoms with Crippen LogP contribution in [0.15, 0.2) is 23.4 Å². The molecule has 0 saturated carbocycles. The number of nitroso groups, excluding NO2 is 1. The molecule has 0 aliphatic rings. The van der Waals surface area contributed by atoms with Gasteiger partial charge in [0.25, 0.3) is 0 Å².